The van der Waals surface area contributed by atoms with E-state index < -0.39 is 0 Å². The van der Waals surface area contributed by atoms with Crippen molar-refractivity contribution >= 4 is 23.3 Å². The molecule has 8 heteroatoms. The largest absolute Gasteiger partial charge is 0.315 e. The van der Waals surface area contributed by atoms with Crippen LogP contribution < -0.4 is 10.6 Å². The van der Waals surface area contributed by atoms with E-state index in [4.69, 9.17) is 11.6 Å². The Labute approximate surface area is 145 Å². The molecule has 0 fully saturated rings. The maximum absolute atomic E-state index is 12.2. The fourth-order valence-electron chi connectivity index (χ4n) is 2.82. The van der Waals surface area contributed by atoms with Crippen molar-refractivity contribution in [2.24, 2.45) is 5.92 Å². The SMILES string of the molecule is Cc1nnc2n1C[C@@H](CN[C@@H](C)C(=O)Nc1ccc(Cl)cn1)CC2. The summed E-state index contributed by atoms with van der Waals surface area (Å²) in [6.07, 6.45) is 3.50. The minimum absolute atomic E-state index is 0.109. The number of hydrogen-bond donors (Lipinski definition) is 2. The van der Waals surface area contributed by atoms with Crippen LogP contribution in [-0.4, -0.2) is 38.2 Å². The number of fused-ring (bicyclic) bond motifs is 1. The molecule has 2 atom stereocenters. The Morgan fingerprint density at radius 3 is 3.04 bits per heavy atom. The number of rotatable bonds is 5. The molecule has 2 aromatic rings. The van der Waals surface area contributed by atoms with Crippen LogP contribution >= 0.6 is 11.6 Å². The van der Waals surface area contributed by atoms with Gasteiger partial charge in [0, 0.05) is 25.7 Å². The van der Waals surface area contributed by atoms with E-state index in [0.29, 0.717) is 16.8 Å². The number of halogens is 1. The van der Waals surface area contributed by atoms with Crippen LogP contribution in [0.25, 0.3) is 0 Å². The summed E-state index contributed by atoms with van der Waals surface area (Å²) in [4.78, 5) is 16.3. The molecule has 0 radical (unpaired) electrons. The summed E-state index contributed by atoms with van der Waals surface area (Å²) in [6, 6.07) is 3.08. The molecule has 24 heavy (non-hydrogen) atoms. The van der Waals surface area contributed by atoms with Crippen molar-refractivity contribution in [3.8, 4) is 0 Å². The second-order valence-electron chi connectivity index (χ2n) is 6.16. The lowest BCUT2D eigenvalue weighted by molar-refractivity contribution is -0.117. The van der Waals surface area contributed by atoms with Crippen molar-refractivity contribution < 1.29 is 4.79 Å². The average Bonchev–Trinajstić information content (AvgIpc) is 2.95. The number of amides is 1. The summed E-state index contributed by atoms with van der Waals surface area (Å²) in [5.74, 6) is 2.87. The van der Waals surface area contributed by atoms with Gasteiger partial charge in [-0.25, -0.2) is 4.98 Å². The molecule has 7 nitrogen and oxygen atoms in total. The number of aromatic nitrogens is 4. The van der Waals surface area contributed by atoms with E-state index in [1.807, 2.05) is 13.8 Å². The van der Waals surface area contributed by atoms with Gasteiger partial charge in [-0.2, -0.15) is 0 Å². The Bertz CT molecular complexity index is 714. The first-order valence-electron chi connectivity index (χ1n) is 8.07. The number of carbonyl (C=O) groups excluding carboxylic acids is 1. The fraction of sp³-hybridized carbons (Fsp3) is 0.500. The van der Waals surface area contributed by atoms with Crippen LogP contribution in [0.4, 0.5) is 5.82 Å². The molecule has 0 spiro atoms. The van der Waals surface area contributed by atoms with Gasteiger partial charge in [-0.1, -0.05) is 11.6 Å². The second-order valence-corrected chi connectivity index (χ2v) is 6.60. The highest BCUT2D eigenvalue weighted by molar-refractivity contribution is 6.30. The van der Waals surface area contributed by atoms with Gasteiger partial charge in [-0.05, 0) is 38.3 Å². The number of nitrogens with zero attached hydrogens (tertiary/aromatic N) is 4. The van der Waals surface area contributed by atoms with E-state index in [1.54, 1.807) is 12.1 Å². The van der Waals surface area contributed by atoms with E-state index in [9.17, 15) is 4.79 Å². The van der Waals surface area contributed by atoms with Gasteiger partial charge < -0.3 is 15.2 Å². The highest BCUT2D eigenvalue weighted by Crippen LogP contribution is 2.19. The standard InChI is InChI=1S/C16H21ClN6O/c1-10(16(24)20-14-5-4-13(17)8-19-14)18-7-12-3-6-15-22-21-11(2)23(15)9-12/h4-5,8,10,12,18H,3,6-7,9H2,1-2H3,(H,19,20,24)/t10-,12+/m0/s1. The van der Waals surface area contributed by atoms with Crippen LogP contribution in [0.3, 0.4) is 0 Å². The van der Waals surface area contributed by atoms with E-state index in [1.165, 1.54) is 6.20 Å². The van der Waals surface area contributed by atoms with Gasteiger partial charge in [-0.15, -0.1) is 10.2 Å². The Morgan fingerprint density at radius 1 is 1.46 bits per heavy atom. The molecule has 0 unspecified atom stereocenters. The van der Waals surface area contributed by atoms with Crippen LogP contribution in [0.1, 0.15) is 25.0 Å². The molecule has 0 aliphatic carbocycles. The molecule has 2 N–H and O–H groups in total. The summed E-state index contributed by atoms with van der Waals surface area (Å²) in [5.41, 5.74) is 0. The van der Waals surface area contributed by atoms with Gasteiger partial charge >= 0.3 is 0 Å². The molecule has 0 bridgehead atoms. The van der Waals surface area contributed by atoms with Crippen molar-refractivity contribution in [2.75, 3.05) is 11.9 Å². The molecule has 0 saturated carbocycles. The average molecular weight is 349 g/mol. The molecule has 1 amide bonds. The third-order valence-corrected chi connectivity index (χ3v) is 4.54. The van der Waals surface area contributed by atoms with Gasteiger partial charge in [0.2, 0.25) is 5.91 Å². The maximum Gasteiger partial charge on any atom is 0.242 e. The van der Waals surface area contributed by atoms with Crippen molar-refractivity contribution in [1.29, 1.82) is 0 Å². The first-order valence-corrected chi connectivity index (χ1v) is 8.45. The number of aryl methyl sites for hydroxylation is 2. The van der Waals surface area contributed by atoms with E-state index >= 15 is 0 Å². The molecular weight excluding hydrogens is 328 g/mol. The van der Waals surface area contributed by atoms with Crippen LogP contribution in [0.5, 0.6) is 0 Å². The highest BCUT2D eigenvalue weighted by Gasteiger charge is 2.22. The summed E-state index contributed by atoms with van der Waals surface area (Å²) < 4.78 is 2.16. The zero-order valence-electron chi connectivity index (χ0n) is 13.8. The molecule has 3 rings (SSSR count). The topological polar surface area (TPSA) is 84.7 Å². The van der Waals surface area contributed by atoms with Crippen molar-refractivity contribution in [2.45, 2.75) is 39.3 Å². The third kappa shape index (κ3) is 3.91. The van der Waals surface area contributed by atoms with Crippen molar-refractivity contribution in [3.63, 3.8) is 0 Å². The van der Waals surface area contributed by atoms with Crippen LogP contribution in [0.2, 0.25) is 5.02 Å². The number of anilines is 1. The molecule has 128 valence electrons. The van der Waals surface area contributed by atoms with Gasteiger partial charge in [0.25, 0.3) is 0 Å². The molecule has 0 aromatic carbocycles. The molecule has 3 heterocycles. The number of nitrogens with one attached hydrogen (secondary N) is 2. The molecule has 2 aromatic heterocycles. The molecule has 1 aliphatic rings. The van der Waals surface area contributed by atoms with Gasteiger partial charge in [0.15, 0.2) is 0 Å². The smallest absolute Gasteiger partial charge is 0.242 e. The first-order chi connectivity index (χ1) is 11.5. The van der Waals surface area contributed by atoms with Crippen molar-refractivity contribution in [1.82, 2.24) is 25.1 Å². The van der Waals surface area contributed by atoms with Gasteiger partial charge in [0.05, 0.1) is 11.1 Å². The number of pyridine rings is 1. The summed E-state index contributed by atoms with van der Waals surface area (Å²) in [7, 11) is 0. The minimum Gasteiger partial charge on any atom is -0.315 e. The Hall–Kier alpha value is -1.99. The fourth-order valence-corrected chi connectivity index (χ4v) is 2.93. The predicted molar refractivity (Wildman–Crippen MR) is 91.9 cm³/mol. The zero-order chi connectivity index (χ0) is 17.1. The predicted octanol–water partition coefficient (Wildman–Crippen LogP) is 1.81. The minimum atomic E-state index is -0.300. The van der Waals surface area contributed by atoms with Gasteiger partial charge in [0.1, 0.15) is 17.5 Å². The van der Waals surface area contributed by atoms with Crippen molar-refractivity contribution in [3.05, 3.63) is 35.0 Å². The maximum atomic E-state index is 12.2. The van der Waals surface area contributed by atoms with Crippen LogP contribution in [0, 0.1) is 12.8 Å². The van der Waals surface area contributed by atoms with Gasteiger partial charge in [-0.3, -0.25) is 4.79 Å². The second kappa shape index (κ2) is 7.27. The van der Waals surface area contributed by atoms with E-state index in [2.05, 4.69) is 30.4 Å². The van der Waals surface area contributed by atoms with E-state index in [-0.39, 0.29) is 11.9 Å². The lowest BCUT2D eigenvalue weighted by Gasteiger charge is -2.25. The normalized spacial score (nSPS) is 18.0. The quantitative estimate of drug-likeness (QED) is 0.860. The Kier molecular flexibility index (Phi) is 5.11. The van der Waals surface area contributed by atoms with Crippen LogP contribution in [0.15, 0.2) is 18.3 Å². The Balaban J connectivity index is 1.48. The molecular formula is C16H21ClN6O. The summed E-state index contributed by atoms with van der Waals surface area (Å²) >= 11 is 5.79. The van der Waals surface area contributed by atoms with E-state index in [0.717, 1.165) is 37.6 Å². The van der Waals surface area contributed by atoms with Crippen LogP contribution in [-0.2, 0) is 17.8 Å². The molecule has 0 saturated heterocycles. The zero-order valence-corrected chi connectivity index (χ0v) is 14.5. The highest BCUT2D eigenvalue weighted by atomic mass is 35.5. The summed E-state index contributed by atoms with van der Waals surface area (Å²) in [5, 5.41) is 14.9. The number of hydrogen-bond acceptors (Lipinski definition) is 5. The summed E-state index contributed by atoms with van der Waals surface area (Å²) in [6.45, 7) is 5.50. The lowest BCUT2D eigenvalue weighted by atomic mass is 9.99. The Morgan fingerprint density at radius 2 is 2.29 bits per heavy atom. The number of carbonyl (C=O) groups is 1. The third-order valence-electron chi connectivity index (χ3n) is 4.31. The monoisotopic (exact) mass is 348 g/mol. The molecule has 1 aliphatic heterocycles. The first kappa shape index (κ1) is 16.9. The lowest BCUT2D eigenvalue weighted by Crippen LogP contribution is -2.42.